The second-order valence-corrected chi connectivity index (χ2v) is 8.39. The van der Waals surface area contributed by atoms with Crippen molar-refractivity contribution in [1.29, 1.82) is 0 Å². The molecular weight excluding hydrogens is 408 g/mol. The number of rotatable bonds is 10. The summed E-state index contributed by atoms with van der Waals surface area (Å²) in [5.41, 5.74) is 1.02. The quantitative estimate of drug-likeness (QED) is 0.615. The number of nitrogens with one attached hydrogen (secondary N) is 1. The molecule has 0 aliphatic rings. The van der Waals surface area contributed by atoms with Gasteiger partial charge in [0.2, 0.25) is 15.9 Å². The zero-order valence-electron chi connectivity index (χ0n) is 17.8. The Kier molecular flexibility index (Phi) is 7.93. The molecule has 0 radical (unpaired) electrons. The van der Waals surface area contributed by atoms with Gasteiger partial charge in [-0.3, -0.25) is 9.10 Å². The summed E-state index contributed by atoms with van der Waals surface area (Å²) < 4.78 is 42.3. The Labute approximate surface area is 177 Å². The van der Waals surface area contributed by atoms with E-state index in [4.69, 9.17) is 14.2 Å². The second-order valence-electron chi connectivity index (χ2n) is 6.53. The van der Waals surface area contributed by atoms with E-state index in [1.807, 2.05) is 31.2 Å². The molecule has 1 amide bonds. The van der Waals surface area contributed by atoms with E-state index in [1.165, 1.54) is 27.2 Å². The van der Waals surface area contributed by atoms with Gasteiger partial charge in [-0.2, -0.15) is 0 Å². The van der Waals surface area contributed by atoms with Crippen LogP contribution in [0.25, 0.3) is 0 Å². The lowest BCUT2D eigenvalue weighted by molar-refractivity contribution is -0.122. The summed E-state index contributed by atoms with van der Waals surface area (Å²) in [6.07, 6.45) is 1.04. The molecule has 2 aromatic rings. The molecule has 1 atom stereocenters. The molecule has 0 fully saturated rings. The Balaban J connectivity index is 2.31. The van der Waals surface area contributed by atoms with Gasteiger partial charge in [-0.05, 0) is 32.0 Å². The number of sulfonamides is 1. The molecule has 30 heavy (non-hydrogen) atoms. The van der Waals surface area contributed by atoms with E-state index in [2.05, 4.69) is 5.32 Å². The fourth-order valence-electron chi connectivity index (χ4n) is 3.03. The summed E-state index contributed by atoms with van der Waals surface area (Å²) in [4.78, 5) is 12.9. The molecule has 0 spiro atoms. The lowest BCUT2D eigenvalue weighted by Crippen LogP contribution is -2.47. The topological polar surface area (TPSA) is 94.2 Å². The maximum absolute atomic E-state index is 12.9. The zero-order valence-corrected chi connectivity index (χ0v) is 18.7. The SMILES string of the molecule is CCOc1ccccc1CNC(=O)C(C)N(c1cc(OC)ccc1OC)S(C)(=O)=O. The van der Waals surface area contributed by atoms with Gasteiger partial charge in [0.05, 0.1) is 32.8 Å². The monoisotopic (exact) mass is 436 g/mol. The van der Waals surface area contributed by atoms with Crippen LogP contribution in [0.4, 0.5) is 5.69 Å². The number of carbonyl (C=O) groups is 1. The molecule has 1 N–H and O–H groups in total. The normalized spacial score (nSPS) is 12.0. The van der Waals surface area contributed by atoms with Crippen molar-refractivity contribution in [3.63, 3.8) is 0 Å². The average Bonchev–Trinajstić information content (AvgIpc) is 2.72. The molecule has 0 aliphatic heterocycles. The minimum absolute atomic E-state index is 0.201. The molecule has 0 saturated carbocycles. The number of carbonyl (C=O) groups excluding carboxylic acids is 1. The first-order valence-corrected chi connectivity index (χ1v) is 11.3. The van der Waals surface area contributed by atoms with Gasteiger partial charge >= 0.3 is 0 Å². The summed E-state index contributed by atoms with van der Waals surface area (Å²) in [5.74, 6) is 0.958. The summed E-state index contributed by atoms with van der Waals surface area (Å²) >= 11 is 0. The average molecular weight is 437 g/mol. The summed E-state index contributed by atoms with van der Waals surface area (Å²) in [6.45, 7) is 4.09. The largest absolute Gasteiger partial charge is 0.497 e. The number of methoxy groups -OCH3 is 2. The van der Waals surface area contributed by atoms with Gasteiger partial charge in [0.15, 0.2) is 0 Å². The number of amides is 1. The van der Waals surface area contributed by atoms with Crippen molar-refractivity contribution in [2.24, 2.45) is 0 Å². The Morgan fingerprint density at radius 1 is 1.10 bits per heavy atom. The van der Waals surface area contributed by atoms with Crippen molar-refractivity contribution < 1.29 is 27.4 Å². The maximum atomic E-state index is 12.9. The van der Waals surface area contributed by atoms with Crippen LogP contribution >= 0.6 is 0 Å². The molecule has 2 aromatic carbocycles. The Hall–Kier alpha value is -2.94. The summed E-state index contributed by atoms with van der Waals surface area (Å²) in [6, 6.07) is 11.1. The van der Waals surface area contributed by atoms with Crippen molar-refractivity contribution in [3.05, 3.63) is 48.0 Å². The van der Waals surface area contributed by atoms with E-state index in [-0.39, 0.29) is 12.2 Å². The molecule has 0 aliphatic carbocycles. The molecule has 8 nitrogen and oxygen atoms in total. The predicted molar refractivity (Wildman–Crippen MR) is 116 cm³/mol. The van der Waals surface area contributed by atoms with Crippen LogP contribution < -0.4 is 23.8 Å². The number of benzene rings is 2. The van der Waals surface area contributed by atoms with Crippen LogP contribution in [-0.4, -0.2) is 47.4 Å². The summed E-state index contributed by atoms with van der Waals surface area (Å²) in [7, 11) is -0.901. The van der Waals surface area contributed by atoms with E-state index in [0.29, 0.717) is 23.9 Å². The van der Waals surface area contributed by atoms with Crippen molar-refractivity contribution in [1.82, 2.24) is 5.32 Å². The molecule has 0 aromatic heterocycles. The minimum Gasteiger partial charge on any atom is -0.497 e. The molecule has 1 unspecified atom stereocenters. The maximum Gasteiger partial charge on any atom is 0.243 e. The van der Waals surface area contributed by atoms with Crippen LogP contribution in [0.5, 0.6) is 17.2 Å². The lowest BCUT2D eigenvalue weighted by atomic mass is 10.2. The van der Waals surface area contributed by atoms with Gasteiger partial charge in [-0.15, -0.1) is 0 Å². The van der Waals surface area contributed by atoms with Crippen LogP contribution in [0, 0.1) is 0 Å². The third-order valence-electron chi connectivity index (χ3n) is 4.44. The van der Waals surface area contributed by atoms with Gasteiger partial charge in [0, 0.05) is 18.2 Å². The first-order valence-electron chi connectivity index (χ1n) is 9.42. The Morgan fingerprint density at radius 3 is 2.40 bits per heavy atom. The highest BCUT2D eigenvalue weighted by Gasteiger charge is 2.31. The molecule has 0 saturated heterocycles. The fourth-order valence-corrected chi connectivity index (χ4v) is 4.20. The van der Waals surface area contributed by atoms with Crippen LogP contribution in [0.3, 0.4) is 0 Å². The van der Waals surface area contributed by atoms with Crippen LogP contribution in [0.1, 0.15) is 19.4 Å². The van der Waals surface area contributed by atoms with Crippen LogP contribution in [0.15, 0.2) is 42.5 Å². The molecule has 164 valence electrons. The minimum atomic E-state index is -3.81. The van der Waals surface area contributed by atoms with E-state index in [0.717, 1.165) is 16.1 Å². The molecule has 0 bridgehead atoms. The smallest absolute Gasteiger partial charge is 0.243 e. The third kappa shape index (κ3) is 5.56. The first-order chi connectivity index (χ1) is 14.2. The van der Waals surface area contributed by atoms with Gasteiger partial charge in [-0.1, -0.05) is 18.2 Å². The molecule has 0 heterocycles. The van der Waals surface area contributed by atoms with Gasteiger partial charge in [0.25, 0.3) is 0 Å². The highest BCUT2D eigenvalue weighted by atomic mass is 32.2. The summed E-state index contributed by atoms with van der Waals surface area (Å²) in [5, 5.41) is 2.79. The number of hydrogen-bond donors (Lipinski definition) is 1. The van der Waals surface area contributed by atoms with Gasteiger partial charge < -0.3 is 19.5 Å². The van der Waals surface area contributed by atoms with Crippen LogP contribution in [0.2, 0.25) is 0 Å². The Morgan fingerprint density at radius 2 is 1.80 bits per heavy atom. The van der Waals surface area contributed by atoms with E-state index in [1.54, 1.807) is 12.1 Å². The highest BCUT2D eigenvalue weighted by molar-refractivity contribution is 7.92. The van der Waals surface area contributed by atoms with Crippen molar-refractivity contribution in [2.45, 2.75) is 26.4 Å². The van der Waals surface area contributed by atoms with Gasteiger partial charge in [-0.25, -0.2) is 8.42 Å². The third-order valence-corrected chi connectivity index (χ3v) is 5.66. The van der Waals surface area contributed by atoms with Crippen molar-refractivity contribution in [2.75, 3.05) is 31.4 Å². The number of hydrogen-bond acceptors (Lipinski definition) is 6. The number of anilines is 1. The van der Waals surface area contributed by atoms with Crippen molar-refractivity contribution in [3.8, 4) is 17.2 Å². The zero-order chi connectivity index (χ0) is 22.3. The van der Waals surface area contributed by atoms with Gasteiger partial charge in [0.1, 0.15) is 23.3 Å². The van der Waals surface area contributed by atoms with Crippen molar-refractivity contribution >= 4 is 21.6 Å². The fraction of sp³-hybridized carbons (Fsp3) is 0.381. The molecular formula is C21H28N2O6S. The lowest BCUT2D eigenvalue weighted by Gasteiger charge is -2.29. The Bertz CT molecular complexity index is 977. The van der Waals surface area contributed by atoms with E-state index in [9.17, 15) is 13.2 Å². The molecule has 2 rings (SSSR count). The standard InChI is InChI=1S/C21H28N2O6S/c1-6-29-19-10-8-7-9-16(19)14-22-21(24)15(2)23(30(5,25)26)18-13-17(27-3)11-12-20(18)28-4/h7-13,15H,6,14H2,1-5H3,(H,22,24). The highest BCUT2D eigenvalue weighted by Crippen LogP contribution is 2.35. The van der Waals surface area contributed by atoms with E-state index < -0.39 is 22.0 Å². The number of ether oxygens (including phenoxy) is 3. The second kappa shape index (κ2) is 10.2. The number of nitrogens with zero attached hydrogens (tertiary/aromatic N) is 1. The van der Waals surface area contributed by atoms with E-state index >= 15 is 0 Å². The number of para-hydroxylation sites is 1. The predicted octanol–water partition coefficient (Wildman–Crippen LogP) is 2.57. The molecule has 9 heteroatoms. The van der Waals surface area contributed by atoms with Crippen LogP contribution in [-0.2, 0) is 21.4 Å². The first kappa shape index (κ1) is 23.3.